The molecule has 0 radical (unpaired) electrons. The molecule has 0 heterocycles. The van der Waals surface area contributed by atoms with Crippen LogP contribution in [-0.2, 0) is 9.47 Å². The van der Waals surface area contributed by atoms with Crippen LogP contribution in [0.15, 0.2) is 0 Å². The lowest BCUT2D eigenvalue weighted by molar-refractivity contribution is 0.100. The van der Waals surface area contributed by atoms with Crippen molar-refractivity contribution in [3.63, 3.8) is 0 Å². The lowest BCUT2D eigenvalue weighted by Crippen LogP contribution is -2.33. The Morgan fingerprint density at radius 3 is 2.47 bits per heavy atom. The number of ether oxygens (including phenoxy) is 2. The Hall–Kier alpha value is -0.120. The molecule has 0 saturated carbocycles. The Kier molecular flexibility index (Phi) is 11.9. The van der Waals surface area contributed by atoms with Gasteiger partial charge in [0.15, 0.2) is 0 Å². The molecule has 1 unspecified atom stereocenters. The van der Waals surface area contributed by atoms with Gasteiger partial charge in [-0.25, -0.2) is 0 Å². The van der Waals surface area contributed by atoms with Crippen molar-refractivity contribution in [3.05, 3.63) is 0 Å². The molecule has 3 nitrogen and oxygen atoms in total. The van der Waals surface area contributed by atoms with Crippen molar-refractivity contribution in [2.45, 2.75) is 46.1 Å². The summed E-state index contributed by atoms with van der Waals surface area (Å²) in [5.74, 6) is 0. The lowest BCUT2D eigenvalue weighted by atomic mass is 10.2. The van der Waals surface area contributed by atoms with Crippen LogP contribution in [0.1, 0.15) is 40.0 Å². The third-order valence-corrected chi connectivity index (χ3v) is 2.21. The Bertz CT molecular complexity index is 120. The number of likely N-dealkylation sites (N-methyl/N-ethyl adjacent to an activating group) is 1. The van der Waals surface area contributed by atoms with E-state index in [9.17, 15) is 0 Å². The van der Waals surface area contributed by atoms with E-state index < -0.39 is 0 Å². The largest absolute Gasteiger partial charge is 0.382 e. The summed E-state index contributed by atoms with van der Waals surface area (Å²) in [5, 5.41) is 3.44. The van der Waals surface area contributed by atoms with Gasteiger partial charge in [-0.15, -0.1) is 0 Å². The Labute approximate surface area is 94.5 Å². The van der Waals surface area contributed by atoms with E-state index in [-0.39, 0.29) is 0 Å². The second kappa shape index (κ2) is 12.0. The molecule has 0 aromatic carbocycles. The Balaban J connectivity index is 3.44. The SMILES string of the molecule is CCCOCC(CCCOCC)NCC. The smallest absolute Gasteiger partial charge is 0.0619 e. The molecule has 0 aliphatic rings. The summed E-state index contributed by atoms with van der Waals surface area (Å²) < 4.78 is 10.9. The summed E-state index contributed by atoms with van der Waals surface area (Å²) in [6.45, 7) is 10.7. The minimum Gasteiger partial charge on any atom is -0.382 e. The molecule has 3 heteroatoms. The molecule has 0 aromatic rings. The molecule has 0 aromatic heterocycles. The first-order valence-electron chi connectivity index (χ1n) is 6.23. The van der Waals surface area contributed by atoms with Gasteiger partial charge in [-0.2, -0.15) is 0 Å². The van der Waals surface area contributed by atoms with Gasteiger partial charge in [-0.1, -0.05) is 13.8 Å². The zero-order valence-electron chi connectivity index (χ0n) is 10.6. The van der Waals surface area contributed by atoms with Crippen LogP contribution in [0.5, 0.6) is 0 Å². The molecular formula is C12H27NO2. The summed E-state index contributed by atoms with van der Waals surface area (Å²) in [7, 11) is 0. The standard InChI is InChI=1S/C12H27NO2/c1-4-9-15-11-12(13-5-2)8-7-10-14-6-3/h12-13H,4-11H2,1-3H3. The first-order chi connectivity index (χ1) is 7.35. The average molecular weight is 217 g/mol. The third kappa shape index (κ3) is 10.2. The van der Waals surface area contributed by atoms with Crippen molar-refractivity contribution in [2.75, 3.05) is 33.0 Å². The molecule has 0 aliphatic carbocycles. The van der Waals surface area contributed by atoms with E-state index in [1.165, 1.54) is 0 Å². The van der Waals surface area contributed by atoms with Crippen LogP contribution in [0, 0.1) is 0 Å². The fourth-order valence-electron chi connectivity index (χ4n) is 1.48. The molecule has 15 heavy (non-hydrogen) atoms. The van der Waals surface area contributed by atoms with Crippen LogP contribution in [0.2, 0.25) is 0 Å². The van der Waals surface area contributed by atoms with Gasteiger partial charge >= 0.3 is 0 Å². The van der Waals surface area contributed by atoms with Crippen molar-refractivity contribution < 1.29 is 9.47 Å². The number of rotatable bonds is 11. The van der Waals surface area contributed by atoms with Gasteiger partial charge in [-0.05, 0) is 32.7 Å². The van der Waals surface area contributed by atoms with Gasteiger partial charge in [0.1, 0.15) is 0 Å². The van der Waals surface area contributed by atoms with Gasteiger partial charge in [0.25, 0.3) is 0 Å². The topological polar surface area (TPSA) is 30.5 Å². The average Bonchev–Trinajstić information content (AvgIpc) is 2.24. The maximum atomic E-state index is 5.55. The first-order valence-corrected chi connectivity index (χ1v) is 6.23. The summed E-state index contributed by atoms with van der Waals surface area (Å²) in [4.78, 5) is 0. The monoisotopic (exact) mass is 217 g/mol. The quantitative estimate of drug-likeness (QED) is 0.538. The van der Waals surface area contributed by atoms with E-state index in [1.54, 1.807) is 0 Å². The fourth-order valence-corrected chi connectivity index (χ4v) is 1.48. The second-order valence-electron chi connectivity index (χ2n) is 3.67. The lowest BCUT2D eigenvalue weighted by Gasteiger charge is -2.17. The number of hydrogen-bond acceptors (Lipinski definition) is 3. The van der Waals surface area contributed by atoms with Crippen molar-refractivity contribution in [3.8, 4) is 0 Å². The van der Waals surface area contributed by atoms with Crippen LogP contribution in [0.4, 0.5) is 0 Å². The van der Waals surface area contributed by atoms with E-state index in [0.717, 1.165) is 52.2 Å². The van der Waals surface area contributed by atoms with E-state index in [4.69, 9.17) is 9.47 Å². The van der Waals surface area contributed by atoms with Crippen LogP contribution in [0.3, 0.4) is 0 Å². The molecule has 0 fully saturated rings. The normalized spacial score (nSPS) is 13.0. The Morgan fingerprint density at radius 1 is 1.07 bits per heavy atom. The highest BCUT2D eigenvalue weighted by molar-refractivity contribution is 4.64. The molecular weight excluding hydrogens is 190 g/mol. The molecule has 1 N–H and O–H groups in total. The second-order valence-corrected chi connectivity index (χ2v) is 3.67. The van der Waals surface area contributed by atoms with Crippen LogP contribution in [0.25, 0.3) is 0 Å². The first kappa shape index (κ1) is 14.9. The summed E-state index contributed by atoms with van der Waals surface area (Å²) in [6, 6.07) is 0.488. The van der Waals surface area contributed by atoms with Gasteiger partial charge in [0, 0.05) is 25.9 Å². The predicted octanol–water partition coefficient (Wildman–Crippen LogP) is 2.21. The van der Waals surface area contributed by atoms with Gasteiger partial charge in [0.2, 0.25) is 0 Å². The highest BCUT2D eigenvalue weighted by Crippen LogP contribution is 1.99. The minimum absolute atomic E-state index is 0.488. The maximum Gasteiger partial charge on any atom is 0.0619 e. The van der Waals surface area contributed by atoms with Gasteiger partial charge in [0.05, 0.1) is 6.61 Å². The third-order valence-electron chi connectivity index (χ3n) is 2.21. The minimum atomic E-state index is 0.488. The molecule has 0 bridgehead atoms. The molecule has 92 valence electrons. The van der Waals surface area contributed by atoms with Crippen molar-refractivity contribution in [2.24, 2.45) is 0 Å². The van der Waals surface area contributed by atoms with Gasteiger partial charge in [-0.3, -0.25) is 0 Å². The van der Waals surface area contributed by atoms with E-state index in [2.05, 4.69) is 19.2 Å². The predicted molar refractivity (Wildman–Crippen MR) is 64.3 cm³/mol. The maximum absolute atomic E-state index is 5.55. The highest BCUT2D eigenvalue weighted by Gasteiger charge is 2.06. The Morgan fingerprint density at radius 2 is 1.87 bits per heavy atom. The van der Waals surface area contributed by atoms with Gasteiger partial charge < -0.3 is 14.8 Å². The van der Waals surface area contributed by atoms with Crippen LogP contribution in [-0.4, -0.2) is 39.0 Å². The highest BCUT2D eigenvalue weighted by atomic mass is 16.5. The van der Waals surface area contributed by atoms with Crippen molar-refractivity contribution in [1.29, 1.82) is 0 Å². The fraction of sp³-hybridized carbons (Fsp3) is 1.00. The van der Waals surface area contributed by atoms with Crippen molar-refractivity contribution >= 4 is 0 Å². The zero-order chi connectivity index (χ0) is 11.4. The van der Waals surface area contributed by atoms with Crippen molar-refractivity contribution in [1.82, 2.24) is 5.32 Å². The van der Waals surface area contributed by atoms with E-state index >= 15 is 0 Å². The molecule has 0 aliphatic heterocycles. The zero-order valence-corrected chi connectivity index (χ0v) is 10.6. The van der Waals surface area contributed by atoms with Crippen LogP contribution < -0.4 is 5.32 Å². The van der Waals surface area contributed by atoms with Crippen LogP contribution >= 0.6 is 0 Å². The summed E-state index contributed by atoms with van der Waals surface area (Å²) in [5.41, 5.74) is 0. The number of hydrogen-bond donors (Lipinski definition) is 1. The molecule has 0 amide bonds. The van der Waals surface area contributed by atoms with E-state index in [1.807, 2.05) is 6.92 Å². The molecule has 0 rings (SSSR count). The molecule has 0 spiro atoms. The summed E-state index contributed by atoms with van der Waals surface area (Å²) in [6.07, 6.45) is 3.34. The van der Waals surface area contributed by atoms with E-state index in [0.29, 0.717) is 6.04 Å². The molecule has 0 saturated heterocycles. The molecule has 1 atom stereocenters. The summed E-state index contributed by atoms with van der Waals surface area (Å²) >= 11 is 0. The number of nitrogens with one attached hydrogen (secondary N) is 1.